The van der Waals surface area contributed by atoms with Crippen LogP contribution in [0.5, 0.6) is 0 Å². The fourth-order valence-electron chi connectivity index (χ4n) is 4.54. The number of hydrogen-bond donors (Lipinski definition) is 0. The highest BCUT2D eigenvalue weighted by molar-refractivity contribution is 6.30. The van der Waals surface area contributed by atoms with E-state index in [2.05, 4.69) is 4.90 Å². The number of morpholine rings is 1. The third kappa shape index (κ3) is 5.02. The van der Waals surface area contributed by atoms with Crippen molar-refractivity contribution in [3.05, 3.63) is 41.6 Å². The van der Waals surface area contributed by atoms with E-state index in [-0.39, 0.29) is 11.8 Å². The van der Waals surface area contributed by atoms with Gasteiger partial charge in [-0.05, 0) is 62.9 Å². The van der Waals surface area contributed by atoms with Gasteiger partial charge in [-0.15, -0.1) is 0 Å². The molecular weight excluding hydrogens is 410 g/mol. The number of esters is 1. The Hall–Kier alpha value is -2.71. The van der Waals surface area contributed by atoms with E-state index >= 15 is 0 Å². The number of nitrogens with zero attached hydrogens (tertiary/aromatic N) is 3. The Morgan fingerprint density at radius 2 is 1.75 bits per heavy atom. The third-order valence-electron chi connectivity index (χ3n) is 6.45. The van der Waals surface area contributed by atoms with Crippen molar-refractivity contribution < 1.29 is 23.9 Å². The van der Waals surface area contributed by atoms with Crippen molar-refractivity contribution in [3.63, 3.8) is 0 Å². The van der Waals surface area contributed by atoms with Gasteiger partial charge in [0, 0.05) is 32.3 Å². The molecule has 0 saturated carbocycles. The lowest BCUT2D eigenvalue weighted by atomic mass is 9.93. The minimum absolute atomic E-state index is 0.293. The molecule has 0 bridgehead atoms. The molecule has 2 fully saturated rings. The highest BCUT2D eigenvalue weighted by Crippen LogP contribution is 2.29. The Bertz CT molecular complexity index is 868. The van der Waals surface area contributed by atoms with Crippen molar-refractivity contribution >= 4 is 23.5 Å². The number of carbonyl (C=O) groups is 3. The second-order valence-electron chi connectivity index (χ2n) is 8.45. The van der Waals surface area contributed by atoms with Crippen molar-refractivity contribution in [1.82, 2.24) is 9.80 Å². The van der Waals surface area contributed by atoms with E-state index in [1.807, 2.05) is 4.90 Å². The fourth-order valence-corrected chi connectivity index (χ4v) is 4.54. The molecule has 1 aromatic rings. The molecule has 2 amide bonds. The minimum Gasteiger partial charge on any atom is -0.462 e. The lowest BCUT2D eigenvalue weighted by molar-refractivity contribution is -0.121. The lowest BCUT2D eigenvalue weighted by Crippen LogP contribution is -2.40. The second kappa shape index (κ2) is 10.3. The number of imide groups is 1. The smallest absolute Gasteiger partial charge is 0.338 e. The van der Waals surface area contributed by atoms with Crippen LogP contribution in [-0.2, 0) is 19.1 Å². The quantitative estimate of drug-likeness (QED) is 0.473. The molecule has 0 aliphatic carbocycles. The van der Waals surface area contributed by atoms with Crippen LogP contribution in [0.2, 0.25) is 0 Å². The monoisotopic (exact) mass is 441 g/mol. The first-order chi connectivity index (χ1) is 15.6. The second-order valence-corrected chi connectivity index (χ2v) is 8.45. The van der Waals surface area contributed by atoms with Crippen LogP contribution in [0.25, 0.3) is 0 Å². The van der Waals surface area contributed by atoms with Gasteiger partial charge in [0.25, 0.3) is 11.8 Å². The summed E-state index contributed by atoms with van der Waals surface area (Å²) in [4.78, 5) is 43.1. The minimum atomic E-state index is -0.423. The van der Waals surface area contributed by atoms with Gasteiger partial charge in [-0.1, -0.05) is 0 Å². The largest absolute Gasteiger partial charge is 0.462 e. The Balaban J connectivity index is 1.31. The van der Waals surface area contributed by atoms with Gasteiger partial charge in [0.15, 0.2) is 0 Å². The van der Waals surface area contributed by atoms with Gasteiger partial charge in [-0.25, -0.2) is 9.69 Å². The first kappa shape index (κ1) is 22.5. The normalized spacial score (nSPS) is 20.6. The van der Waals surface area contributed by atoms with Gasteiger partial charge in [0.1, 0.15) is 5.70 Å². The summed E-state index contributed by atoms with van der Waals surface area (Å²) in [6, 6.07) is 6.37. The van der Waals surface area contributed by atoms with Gasteiger partial charge in [0.05, 0.1) is 31.1 Å². The number of carbonyl (C=O) groups excluding carboxylic acids is 3. The number of rotatable bonds is 7. The van der Waals surface area contributed by atoms with E-state index in [1.54, 1.807) is 31.2 Å². The number of anilines is 1. The summed E-state index contributed by atoms with van der Waals surface area (Å²) < 4.78 is 10.4. The lowest BCUT2D eigenvalue weighted by Gasteiger charge is -2.35. The summed E-state index contributed by atoms with van der Waals surface area (Å²) in [6.07, 6.45) is 4.66. The molecule has 0 radical (unpaired) electrons. The Labute approximate surface area is 188 Å². The number of piperidine rings is 1. The molecule has 3 aliphatic rings. The Kier molecular flexibility index (Phi) is 7.22. The number of ether oxygens (including phenoxy) is 2. The van der Waals surface area contributed by atoms with Gasteiger partial charge in [-0.3, -0.25) is 14.5 Å². The van der Waals surface area contributed by atoms with Crippen molar-refractivity contribution in [2.24, 2.45) is 5.92 Å². The summed E-state index contributed by atoms with van der Waals surface area (Å²) in [5, 5.41) is 0. The van der Waals surface area contributed by atoms with E-state index in [0.717, 1.165) is 58.8 Å². The molecule has 3 aliphatic heterocycles. The van der Waals surface area contributed by atoms with Gasteiger partial charge >= 0.3 is 5.97 Å². The topological polar surface area (TPSA) is 79.4 Å². The fraction of sp³-hybridized carbons (Fsp3) is 0.542. The third-order valence-corrected chi connectivity index (χ3v) is 6.45. The molecule has 0 unspecified atom stereocenters. The Morgan fingerprint density at radius 1 is 1.06 bits per heavy atom. The summed E-state index contributed by atoms with van der Waals surface area (Å²) in [5.74, 6) is -0.421. The molecule has 3 heterocycles. The van der Waals surface area contributed by atoms with Crippen LogP contribution in [0.3, 0.4) is 0 Å². The number of amides is 2. The number of benzene rings is 1. The predicted octanol–water partition coefficient (Wildman–Crippen LogP) is 2.05. The number of hydrogen-bond acceptors (Lipinski definition) is 7. The van der Waals surface area contributed by atoms with Crippen molar-refractivity contribution in [1.29, 1.82) is 0 Å². The maximum absolute atomic E-state index is 13.0. The average molecular weight is 442 g/mol. The van der Waals surface area contributed by atoms with Crippen molar-refractivity contribution in [2.75, 3.05) is 57.4 Å². The molecule has 4 rings (SSSR count). The van der Waals surface area contributed by atoms with Crippen LogP contribution in [0.15, 0.2) is 36.0 Å². The zero-order valence-corrected chi connectivity index (χ0v) is 18.6. The summed E-state index contributed by atoms with van der Waals surface area (Å²) in [6.45, 7) is 8.38. The molecule has 1 aromatic carbocycles. The molecule has 32 heavy (non-hydrogen) atoms. The first-order valence-corrected chi connectivity index (χ1v) is 11.5. The predicted molar refractivity (Wildman–Crippen MR) is 119 cm³/mol. The van der Waals surface area contributed by atoms with Gasteiger partial charge in [-0.2, -0.15) is 0 Å². The molecule has 172 valence electrons. The van der Waals surface area contributed by atoms with Crippen molar-refractivity contribution in [2.45, 2.75) is 26.2 Å². The van der Waals surface area contributed by atoms with Crippen LogP contribution >= 0.6 is 0 Å². The van der Waals surface area contributed by atoms with E-state index in [9.17, 15) is 14.4 Å². The van der Waals surface area contributed by atoms with Crippen LogP contribution in [0.4, 0.5) is 5.69 Å². The molecule has 0 N–H and O–H groups in total. The molecule has 8 nitrogen and oxygen atoms in total. The maximum atomic E-state index is 13.0. The highest BCUT2D eigenvalue weighted by atomic mass is 16.5. The van der Waals surface area contributed by atoms with Crippen LogP contribution in [0, 0.1) is 5.92 Å². The summed E-state index contributed by atoms with van der Waals surface area (Å²) in [5.41, 5.74) is 1.32. The van der Waals surface area contributed by atoms with E-state index in [1.165, 1.54) is 17.4 Å². The van der Waals surface area contributed by atoms with Crippen LogP contribution < -0.4 is 4.90 Å². The summed E-state index contributed by atoms with van der Waals surface area (Å²) in [7, 11) is 0. The average Bonchev–Trinajstić information content (AvgIpc) is 3.12. The van der Waals surface area contributed by atoms with Gasteiger partial charge < -0.3 is 14.4 Å². The molecule has 0 aromatic heterocycles. The zero-order chi connectivity index (χ0) is 22.5. The first-order valence-electron chi connectivity index (χ1n) is 11.5. The van der Waals surface area contributed by atoms with E-state index in [0.29, 0.717) is 29.5 Å². The Morgan fingerprint density at radius 3 is 2.41 bits per heavy atom. The molecule has 8 heteroatoms. The molecule has 0 atom stereocenters. The number of likely N-dealkylation sites (tertiary alicyclic amines) is 1. The SMILES string of the molecule is CCOC(=O)c1ccc(N2C(=O)C=C(N3CCC(CCN4CCOCC4)CC3)C2=O)cc1. The van der Waals surface area contributed by atoms with E-state index in [4.69, 9.17) is 9.47 Å². The summed E-state index contributed by atoms with van der Waals surface area (Å²) >= 11 is 0. The molecule has 0 spiro atoms. The zero-order valence-electron chi connectivity index (χ0n) is 18.6. The molecular formula is C24H31N3O5. The van der Waals surface area contributed by atoms with Crippen LogP contribution in [0.1, 0.15) is 36.5 Å². The van der Waals surface area contributed by atoms with E-state index < -0.39 is 5.97 Å². The standard InChI is InChI=1S/C24H31N3O5/c1-2-32-24(30)19-3-5-20(6-4-19)27-22(28)17-21(23(27)29)26-11-8-18(9-12-26)7-10-25-13-15-31-16-14-25/h3-6,17-18H,2,7-16H2,1H3. The molecule has 2 saturated heterocycles. The van der Waals surface area contributed by atoms with Gasteiger partial charge in [0.2, 0.25) is 0 Å². The maximum Gasteiger partial charge on any atom is 0.338 e. The van der Waals surface area contributed by atoms with Crippen LogP contribution in [-0.4, -0.2) is 80.1 Å². The van der Waals surface area contributed by atoms with Crippen molar-refractivity contribution in [3.8, 4) is 0 Å². The highest BCUT2D eigenvalue weighted by Gasteiger charge is 2.36.